The molecule has 0 radical (unpaired) electrons. The second-order valence-electron chi connectivity index (χ2n) is 4.51. The van der Waals surface area contributed by atoms with Crippen LogP contribution in [-0.2, 0) is 0 Å². The van der Waals surface area contributed by atoms with E-state index in [1.54, 1.807) is 12.3 Å². The van der Waals surface area contributed by atoms with Crippen molar-refractivity contribution in [1.82, 2.24) is 0 Å². The van der Waals surface area contributed by atoms with E-state index < -0.39 is 0 Å². The molecule has 0 aliphatic carbocycles. The summed E-state index contributed by atoms with van der Waals surface area (Å²) in [5.41, 5.74) is 2.34. The maximum Gasteiger partial charge on any atom is -0.0233 e. The van der Waals surface area contributed by atoms with Crippen molar-refractivity contribution < 1.29 is 0 Å². The van der Waals surface area contributed by atoms with Crippen molar-refractivity contribution in [1.29, 1.82) is 0 Å². The van der Waals surface area contributed by atoms with Crippen LogP contribution in [-0.4, -0.2) is 19.0 Å². The molecule has 0 aromatic heterocycles. The standard InChI is InChI=1S/C9H10.C6H13P.2C2H6/c1-8(2)9-6-4-3-5-7-9;1-7-5-3-2-4-6-7;2*1-2/h3-7H,1H2,2H3;2-6H2,1H3;2*1-2H3. The Bertz CT molecular complexity index is 297. The predicted molar refractivity (Wildman–Crippen MR) is 100 cm³/mol. The molecular formula is C19H35P. The van der Waals surface area contributed by atoms with Gasteiger partial charge in [-0.25, -0.2) is 0 Å². The number of allylic oxidation sites excluding steroid dienone is 1. The highest BCUT2D eigenvalue weighted by atomic mass is 31.1. The Hall–Kier alpha value is -0.610. The molecule has 2 rings (SSSR count). The Morgan fingerprint density at radius 3 is 1.60 bits per heavy atom. The molecular weight excluding hydrogens is 259 g/mol. The van der Waals surface area contributed by atoms with E-state index in [-0.39, 0.29) is 0 Å². The van der Waals surface area contributed by atoms with Crippen LogP contribution in [0.4, 0.5) is 0 Å². The molecule has 0 bridgehead atoms. The minimum absolute atomic E-state index is 0.508. The van der Waals surface area contributed by atoms with E-state index in [0.717, 1.165) is 5.57 Å². The van der Waals surface area contributed by atoms with Crippen molar-refractivity contribution in [3.05, 3.63) is 42.5 Å². The summed E-state index contributed by atoms with van der Waals surface area (Å²) in [6, 6.07) is 10.2. The van der Waals surface area contributed by atoms with Crippen LogP contribution < -0.4 is 0 Å². The van der Waals surface area contributed by atoms with E-state index in [1.807, 2.05) is 52.8 Å². The summed E-state index contributed by atoms with van der Waals surface area (Å²) in [6.45, 7) is 16.3. The fourth-order valence-electron chi connectivity index (χ4n) is 1.77. The fourth-order valence-corrected chi connectivity index (χ4v) is 3.53. The molecule has 1 saturated heterocycles. The molecule has 0 N–H and O–H groups in total. The molecule has 0 unspecified atom stereocenters. The number of hydrogen-bond acceptors (Lipinski definition) is 0. The monoisotopic (exact) mass is 294 g/mol. The second kappa shape index (κ2) is 16.4. The first-order valence-corrected chi connectivity index (χ1v) is 10.3. The average Bonchev–Trinajstić information content (AvgIpc) is 2.53. The van der Waals surface area contributed by atoms with Crippen LogP contribution in [0.2, 0.25) is 0 Å². The Morgan fingerprint density at radius 1 is 0.900 bits per heavy atom. The predicted octanol–water partition coefficient (Wildman–Crippen LogP) is 7.05. The van der Waals surface area contributed by atoms with Crippen molar-refractivity contribution >= 4 is 13.5 Å². The van der Waals surface area contributed by atoms with Crippen molar-refractivity contribution in [3.63, 3.8) is 0 Å². The summed E-state index contributed by atoms with van der Waals surface area (Å²) in [7, 11) is 0.508. The third kappa shape index (κ3) is 12.4. The summed E-state index contributed by atoms with van der Waals surface area (Å²) in [4.78, 5) is 0. The Morgan fingerprint density at radius 2 is 1.35 bits per heavy atom. The van der Waals surface area contributed by atoms with E-state index in [2.05, 4.69) is 25.4 Å². The third-order valence-electron chi connectivity index (χ3n) is 2.85. The molecule has 0 atom stereocenters. The first kappa shape index (κ1) is 21.7. The van der Waals surface area contributed by atoms with Gasteiger partial charge in [0.2, 0.25) is 0 Å². The number of benzene rings is 1. The molecule has 1 fully saturated rings. The molecule has 1 aliphatic heterocycles. The average molecular weight is 294 g/mol. The maximum atomic E-state index is 3.83. The molecule has 0 amide bonds. The first-order valence-electron chi connectivity index (χ1n) is 8.09. The molecule has 0 saturated carbocycles. The van der Waals surface area contributed by atoms with Crippen LogP contribution in [0, 0.1) is 0 Å². The van der Waals surface area contributed by atoms with Crippen LogP contribution in [0.5, 0.6) is 0 Å². The highest BCUT2D eigenvalue weighted by molar-refractivity contribution is 7.56. The molecule has 1 aromatic carbocycles. The first-order chi connectivity index (χ1) is 9.70. The van der Waals surface area contributed by atoms with Crippen molar-refractivity contribution in [2.75, 3.05) is 19.0 Å². The van der Waals surface area contributed by atoms with Crippen LogP contribution in [0.25, 0.3) is 5.57 Å². The van der Waals surface area contributed by atoms with Crippen LogP contribution in [0.3, 0.4) is 0 Å². The molecule has 20 heavy (non-hydrogen) atoms. The van der Waals surface area contributed by atoms with Gasteiger partial charge in [-0.3, -0.25) is 0 Å². The normalized spacial score (nSPS) is 13.5. The van der Waals surface area contributed by atoms with Gasteiger partial charge in [0.05, 0.1) is 0 Å². The number of rotatable bonds is 1. The zero-order valence-electron chi connectivity index (χ0n) is 14.6. The SMILES string of the molecule is C=C(C)c1ccccc1.CC.CC.CP1CCCCC1. The largest absolute Gasteiger partial charge is 0.110 e. The maximum absolute atomic E-state index is 3.83. The summed E-state index contributed by atoms with van der Waals surface area (Å²) in [6.07, 6.45) is 7.64. The summed E-state index contributed by atoms with van der Waals surface area (Å²) in [5.74, 6) is 0. The Balaban J connectivity index is 0. The van der Waals surface area contributed by atoms with Crippen LogP contribution in [0.15, 0.2) is 36.9 Å². The summed E-state index contributed by atoms with van der Waals surface area (Å²) < 4.78 is 0. The third-order valence-corrected chi connectivity index (χ3v) is 5.01. The van der Waals surface area contributed by atoms with Crippen LogP contribution in [0.1, 0.15) is 59.4 Å². The van der Waals surface area contributed by atoms with E-state index in [1.165, 1.54) is 24.8 Å². The van der Waals surface area contributed by atoms with E-state index in [0.29, 0.717) is 7.92 Å². The lowest BCUT2D eigenvalue weighted by Gasteiger charge is -2.16. The fraction of sp³-hybridized carbons (Fsp3) is 0.579. The van der Waals surface area contributed by atoms with Gasteiger partial charge in [-0.15, -0.1) is 7.92 Å². The zero-order valence-corrected chi connectivity index (χ0v) is 15.5. The minimum Gasteiger partial charge on any atom is -0.110 e. The lowest BCUT2D eigenvalue weighted by atomic mass is 10.1. The van der Waals surface area contributed by atoms with Gasteiger partial charge in [0.1, 0.15) is 0 Å². The van der Waals surface area contributed by atoms with Gasteiger partial charge in [0, 0.05) is 0 Å². The van der Waals surface area contributed by atoms with Gasteiger partial charge < -0.3 is 0 Å². The summed E-state index contributed by atoms with van der Waals surface area (Å²) in [5, 5.41) is 0. The highest BCUT2D eigenvalue weighted by Gasteiger charge is 2.05. The van der Waals surface area contributed by atoms with E-state index >= 15 is 0 Å². The quantitative estimate of drug-likeness (QED) is 0.486. The number of hydrogen-bond donors (Lipinski definition) is 0. The van der Waals surface area contributed by atoms with E-state index in [9.17, 15) is 0 Å². The van der Waals surface area contributed by atoms with Gasteiger partial charge in [0.25, 0.3) is 0 Å². The lowest BCUT2D eigenvalue weighted by molar-refractivity contribution is 0.754. The molecule has 0 nitrogen and oxygen atoms in total. The lowest BCUT2D eigenvalue weighted by Crippen LogP contribution is -1.96. The molecule has 0 spiro atoms. The zero-order chi connectivity index (χ0) is 15.8. The van der Waals surface area contributed by atoms with Crippen molar-refractivity contribution in [3.8, 4) is 0 Å². The van der Waals surface area contributed by atoms with Gasteiger partial charge >= 0.3 is 0 Å². The van der Waals surface area contributed by atoms with Gasteiger partial charge in [-0.1, -0.05) is 76.6 Å². The van der Waals surface area contributed by atoms with Crippen molar-refractivity contribution in [2.24, 2.45) is 0 Å². The van der Waals surface area contributed by atoms with Crippen LogP contribution >= 0.6 is 7.92 Å². The Kier molecular flexibility index (Phi) is 17.8. The molecule has 1 aromatic rings. The van der Waals surface area contributed by atoms with Gasteiger partial charge in [-0.2, -0.15) is 0 Å². The molecule has 1 heteroatoms. The summed E-state index contributed by atoms with van der Waals surface area (Å²) >= 11 is 0. The smallest absolute Gasteiger partial charge is 0.0233 e. The van der Waals surface area contributed by atoms with Gasteiger partial charge in [0.15, 0.2) is 0 Å². The van der Waals surface area contributed by atoms with Crippen molar-refractivity contribution in [2.45, 2.75) is 53.9 Å². The Labute approximate surface area is 129 Å². The molecule has 116 valence electrons. The van der Waals surface area contributed by atoms with E-state index in [4.69, 9.17) is 0 Å². The molecule has 1 aliphatic rings. The second-order valence-corrected chi connectivity index (χ2v) is 7.12. The van der Waals surface area contributed by atoms with Gasteiger partial charge in [-0.05, 0) is 44.3 Å². The topological polar surface area (TPSA) is 0 Å². The highest BCUT2D eigenvalue weighted by Crippen LogP contribution is 2.36. The minimum atomic E-state index is 0.508. The molecule has 1 heterocycles.